The molecule has 2 atom stereocenters. The molecule has 2 nitrogen and oxygen atoms in total. The fourth-order valence-electron chi connectivity index (χ4n) is 4.10. The highest BCUT2D eigenvalue weighted by atomic mass is 32.2. The number of rotatable bonds is 6. The van der Waals surface area contributed by atoms with Crippen LogP contribution in [0, 0.1) is 5.92 Å². The molecule has 0 spiro atoms. The minimum Gasteiger partial charge on any atom is -0.241 e. The summed E-state index contributed by atoms with van der Waals surface area (Å²) in [5, 5.41) is 0. The Bertz CT molecular complexity index is 446. The standard InChI is InChI=1S/C19H38B2O2S/c1-16(2)15-19(3,4)24(22,23)21-18-12-9-7-6-8-11-17(20-5)13-10-14-18/h16-18H,6-15H2,1-5H3. The lowest BCUT2D eigenvalue weighted by Gasteiger charge is -2.29. The van der Waals surface area contributed by atoms with Crippen molar-refractivity contribution in [3.05, 3.63) is 0 Å². The Balaban J connectivity index is 2.70. The molecule has 1 fully saturated rings. The van der Waals surface area contributed by atoms with Crippen LogP contribution in [-0.4, -0.2) is 27.0 Å². The zero-order valence-electron chi connectivity index (χ0n) is 16.7. The molecular weight excluding hydrogens is 314 g/mol. The average Bonchev–Trinajstić information content (AvgIpc) is 2.50. The van der Waals surface area contributed by atoms with Gasteiger partial charge in [-0.2, -0.15) is 0 Å². The monoisotopic (exact) mass is 352 g/mol. The van der Waals surface area contributed by atoms with Gasteiger partial charge in [0.1, 0.15) is 17.0 Å². The molecule has 0 amide bonds. The van der Waals surface area contributed by atoms with Crippen molar-refractivity contribution < 1.29 is 8.42 Å². The van der Waals surface area contributed by atoms with Gasteiger partial charge >= 0.3 is 0 Å². The lowest BCUT2D eigenvalue weighted by molar-refractivity contribution is 0.469. The zero-order valence-corrected chi connectivity index (χ0v) is 17.5. The van der Waals surface area contributed by atoms with E-state index in [-0.39, 0.29) is 5.82 Å². The lowest BCUT2D eigenvalue weighted by Crippen LogP contribution is -2.38. The Morgan fingerprint density at radius 1 is 0.917 bits per heavy atom. The van der Waals surface area contributed by atoms with Crippen LogP contribution in [0.5, 0.6) is 0 Å². The molecule has 2 radical (unpaired) electrons. The molecule has 24 heavy (non-hydrogen) atoms. The molecule has 138 valence electrons. The highest BCUT2D eigenvalue weighted by Gasteiger charge is 2.37. The van der Waals surface area contributed by atoms with Gasteiger partial charge in [-0.15, -0.1) is 0 Å². The molecule has 0 aliphatic heterocycles. The van der Waals surface area contributed by atoms with Gasteiger partial charge in [0.25, 0.3) is 6.56 Å². The highest BCUT2D eigenvalue weighted by molar-refractivity contribution is 8.16. The normalized spacial score (nSPS) is 25.1. The SMILES string of the molecule is C[B]C1CCCCCCC([B]S(=O)(=O)C(C)(C)CC(C)C)CCC1. The van der Waals surface area contributed by atoms with Gasteiger partial charge in [-0.3, -0.25) is 0 Å². The van der Waals surface area contributed by atoms with Crippen LogP contribution in [0.25, 0.3) is 0 Å². The van der Waals surface area contributed by atoms with E-state index in [0.29, 0.717) is 5.92 Å². The van der Waals surface area contributed by atoms with Crippen molar-refractivity contribution in [1.82, 2.24) is 0 Å². The van der Waals surface area contributed by atoms with Gasteiger partial charge in [0.15, 0.2) is 0 Å². The van der Waals surface area contributed by atoms with Crippen molar-refractivity contribution in [2.24, 2.45) is 5.92 Å². The van der Waals surface area contributed by atoms with Crippen molar-refractivity contribution in [3.63, 3.8) is 0 Å². The van der Waals surface area contributed by atoms with E-state index in [2.05, 4.69) is 28.0 Å². The maximum absolute atomic E-state index is 12.9. The van der Waals surface area contributed by atoms with Crippen LogP contribution in [0.4, 0.5) is 0 Å². The van der Waals surface area contributed by atoms with E-state index >= 15 is 0 Å². The highest BCUT2D eigenvalue weighted by Crippen LogP contribution is 2.33. The average molecular weight is 352 g/mol. The first-order valence-electron chi connectivity index (χ1n) is 10.1. The van der Waals surface area contributed by atoms with E-state index in [1.165, 1.54) is 38.5 Å². The molecule has 0 N–H and O–H groups in total. The Kier molecular flexibility index (Phi) is 9.48. The molecule has 1 aliphatic carbocycles. The summed E-state index contributed by atoms with van der Waals surface area (Å²) in [5.41, 5.74) is 0. The summed E-state index contributed by atoms with van der Waals surface area (Å²) in [4.78, 5) is 0. The summed E-state index contributed by atoms with van der Waals surface area (Å²) < 4.78 is 25.2. The Hall–Kier alpha value is 0.0799. The molecule has 5 heteroatoms. The topological polar surface area (TPSA) is 34.1 Å². The molecule has 1 rings (SSSR count). The Morgan fingerprint density at radius 3 is 1.96 bits per heavy atom. The molecule has 1 aliphatic rings. The molecule has 0 heterocycles. The van der Waals surface area contributed by atoms with Crippen LogP contribution in [0.1, 0.15) is 91.9 Å². The predicted octanol–water partition coefficient (Wildman–Crippen LogP) is 5.70. The van der Waals surface area contributed by atoms with E-state index in [0.717, 1.165) is 31.5 Å². The van der Waals surface area contributed by atoms with Crippen molar-refractivity contribution in [1.29, 1.82) is 0 Å². The molecule has 2 unspecified atom stereocenters. The van der Waals surface area contributed by atoms with Crippen LogP contribution in [0.15, 0.2) is 0 Å². The molecular formula is C19H38B2O2S. The minimum atomic E-state index is -3.16. The van der Waals surface area contributed by atoms with Crippen LogP contribution >= 0.6 is 0 Å². The van der Waals surface area contributed by atoms with Crippen LogP contribution < -0.4 is 0 Å². The van der Waals surface area contributed by atoms with Gasteiger partial charge in [-0.1, -0.05) is 90.1 Å². The molecule has 1 saturated carbocycles. The van der Waals surface area contributed by atoms with E-state index in [4.69, 9.17) is 0 Å². The second-order valence-electron chi connectivity index (χ2n) is 8.81. The Labute approximate surface area is 153 Å². The Morgan fingerprint density at radius 2 is 1.42 bits per heavy atom. The fourth-order valence-corrected chi connectivity index (χ4v) is 5.82. The van der Waals surface area contributed by atoms with Gasteiger partial charge in [-0.25, -0.2) is 8.42 Å². The molecule has 0 aromatic carbocycles. The van der Waals surface area contributed by atoms with E-state index in [1.54, 1.807) is 6.56 Å². The maximum atomic E-state index is 12.9. The minimum absolute atomic E-state index is 0.233. The first-order chi connectivity index (χ1) is 11.2. The smallest absolute Gasteiger partial charge is 0.241 e. The molecule has 0 saturated heterocycles. The van der Waals surface area contributed by atoms with Gasteiger partial charge < -0.3 is 0 Å². The number of hydrogen-bond donors (Lipinski definition) is 0. The first kappa shape index (κ1) is 22.1. The fraction of sp³-hybridized carbons (Fsp3) is 1.00. The zero-order chi connectivity index (χ0) is 18.2. The summed E-state index contributed by atoms with van der Waals surface area (Å²) in [6.45, 7) is 11.9. The predicted molar refractivity (Wildman–Crippen MR) is 109 cm³/mol. The summed E-state index contributed by atoms with van der Waals surface area (Å²) in [5.74, 6) is 1.35. The summed E-state index contributed by atoms with van der Waals surface area (Å²) in [7, 11) is -0.818. The molecule has 0 aromatic heterocycles. The largest absolute Gasteiger partial charge is 0.283 e. The van der Waals surface area contributed by atoms with Gasteiger partial charge in [0.2, 0.25) is 0 Å². The summed E-state index contributed by atoms with van der Waals surface area (Å²) in [6.07, 6.45) is 11.5. The van der Waals surface area contributed by atoms with E-state index in [1.807, 2.05) is 13.8 Å². The van der Waals surface area contributed by atoms with Crippen LogP contribution in [0.2, 0.25) is 18.5 Å². The third kappa shape index (κ3) is 7.54. The van der Waals surface area contributed by atoms with Gasteiger partial charge in [0, 0.05) is 0 Å². The second kappa shape index (κ2) is 10.3. The van der Waals surface area contributed by atoms with Gasteiger partial charge in [-0.05, 0) is 26.2 Å². The van der Waals surface area contributed by atoms with Crippen molar-refractivity contribution >= 4 is 23.5 Å². The van der Waals surface area contributed by atoms with Crippen LogP contribution in [0.3, 0.4) is 0 Å². The second-order valence-corrected chi connectivity index (χ2v) is 11.3. The van der Waals surface area contributed by atoms with Crippen molar-refractivity contribution in [2.45, 2.75) is 115 Å². The van der Waals surface area contributed by atoms with E-state index in [9.17, 15) is 8.42 Å². The van der Waals surface area contributed by atoms with Crippen LogP contribution in [-0.2, 0) is 9.69 Å². The lowest BCUT2D eigenvalue weighted by atomic mass is 9.62. The van der Waals surface area contributed by atoms with Crippen molar-refractivity contribution in [2.75, 3.05) is 0 Å². The van der Waals surface area contributed by atoms with E-state index < -0.39 is 14.4 Å². The maximum Gasteiger partial charge on any atom is 0.283 e. The first-order valence-corrected chi connectivity index (χ1v) is 11.6. The molecule has 0 aromatic rings. The summed E-state index contributed by atoms with van der Waals surface area (Å²) in [6, 6.07) is 0. The van der Waals surface area contributed by atoms with Gasteiger partial charge in [0.05, 0.1) is 4.75 Å². The third-order valence-electron chi connectivity index (χ3n) is 5.56. The number of hydrogen-bond acceptors (Lipinski definition) is 2. The van der Waals surface area contributed by atoms with Crippen molar-refractivity contribution in [3.8, 4) is 0 Å². The third-order valence-corrected chi connectivity index (χ3v) is 8.01. The quantitative estimate of drug-likeness (QED) is 0.575. The molecule has 0 bridgehead atoms. The summed E-state index contributed by atoms with van der Waals surface area (Å²) >= 11 is 0.